The minimum atomic E-state index is -4.01. The Bertz CT molecular complexity index is 1480. The van der Waals surface area contributed by atoms with Crippen LogP contribution in [0.3, 0.4) is 0 Å². The number of H-pyrrole nitrogens is 1. The lowest BCUT2D eigenvalue weighted by Crippen LogP contribution is -2.34. The Balaban J connectivity index is 1.69. The van der Waals surface area contributed by atoms with Crippen LogP contribution >= 0.6 is 23.2 Å². The van der Waals surface area contributed by atoms with Gasteiger partial charge in [-0.1, -0.05) is 23.2 Å². The zero-order chi connectivity index (χ0) is 24.8. The van der Waals surface area contributed by atoms with Crippen LogP contribution < -0.4 is 20.7 Å². The van der Waals surface area contributed by atoms with Crippen LogP contribution in [0, 0.1) is 0 Å². The molecule has 3 N–H and O–H groups in total. The first-order valence-electron chi connectivity index (χ1n) is 9.50. The summed E-state index contributed by atoms with van der Waals surface area (Å²) >= 11 is 12.4. The normalized spacial score (nSPS) is 13.9. The summed E-state index contributed by atoms with van der Waals surface area (Å²) in [5.74, 6) is -0.681. The van der Waals surface area contributed by atoms with E-state index in [1.165, 1.54) is 6.07 Å². The number of phenolic OH excluding ortho intramolecular Hbond substituents is 1. The maximum atomic E-state index is 13.0. The van der Waals surface area contributed by atoms with Crippen molar-refractivity contribution >= 4 is 33.2 Å². The quantitative estimate of drug-likeness (QED) is 0.422. The van der Waals surface area contributed by atoms with E-state index in [0.717, 1.165) is 24.3 Å². The monoisotopic (exact) mass is 534 g/mol. The zero-order valence-electron chi connectivity index (χ0n) is 16.8. The van der Waals surface area contributed by atoms with Gasteiger partial charge in [-0.3, -0.25) is 9.78 Å². The number of benzene rings is 2. The van der Waals surface area contributed by atoms with E-state index in [4.69, 9.17) is 27.9 Å². The molecule has 0 aliphatic heterocycles. The smallest absolute Gasteiger partial charge is 0.349 e. The fourth-order valence-corrected chi connectivity index (χ4v) is 4.84. The first-order valence-corrected chi connectivity index (χ1v) is 11.7. The number of sulfonamides is 1. The van der Waals surface area contributed by atoms with Gasteiger partial charge in [-0.25, -0.2) is 26.7 Å². The Morgan fingerprint density at radius 2 is 1.82 bits per heavy atom. The number of rotatable bonds is 7. The van der Waals surface area contributed by atoms with Crippen LogP contribution in [0.5, 0.6) is 17.2 Å². The van der Waals surface area contributed by atoms with E-state index in [0.29, 0.717) is 17.5 Å². The molecule has 4 rings (SSSR count). The van der Waals surface area contributed by atoms with Gasteiger partial charge < -0.3 is 9.84 Å². The molecule has 0 radical (unpaired) electrons. The molecule has 0 bridgehead atoms. The highest BCUT2D eigenvalue weighted by atomic mass is 35.5. The van der Waals surface area contributed by atoms with Crippen LogP contribution in [-0.2, 0) is 10.0 Å². The molecule has 2 aromatic carbocycles. The third-order valence-corrected chi connectivity index (χ3v) is 6.74. The standard InChI is InChI=1S/C19H14Cl2F2N4O6S/c20-11-5-9(27-19(30)24-18(29)15(25-27)17(22)23)6-12(21)16(11)33-10-3-4-13(28)14(7-10)34(31,32)26-8-1-2-8/h3-8,17,26,28H,1-2H2,(H,24,29,30). The second kappa shape index (κ2) is 8.98. The lowest BCUT2D eigenvalue weighted by Gasteiger charge is -2.14. The average molecular weight is 535 g/mol. The molecule has 34 heavy (non-hydrogen) atoms. The van der Waals surface area contributed by atoms with Crippen molar-refractivity contribution in [3.8, 4) is 22.9 Å². The van der Waals surface area contributed by atoms with E-state index in [1.807, 2.05) is 0 Å². The maximum absolute atomic E-state index is 13.0. The number of aromatic hydroxyl groups is 1. The number of phenols is 1. The molecule has 0 amide bonds. The molecular weight excluding hydrogens is 521 g/mol. The predicted molar refractivity (Wildman–Crippen MR) is 117 cm³/mol. The second-order valence-electron chi connectivity index (χ2n) is 7.22. The van der Waals surface area contributed by atoms with Gasteiger partial charge in [0.25, 0.3) is 12.0 Å². The van der Waals surface area contributed by atoms with Crippen molar-refractivity contribution in [3.63, 3.8) is 0 Å². The Hall–Kier alpha value is -3.00. The summed E-state index contributed by atoms with van der Waals surface area (Å²) in [5, 5.41) is 13.0. The van der Waals surface area contributed by atoms with Crippen LogP contribution in [0.1, 0.15) is 25.0 Å². The summed E-state index contributed by atoms with van der Waals surface area (Å²) in [6, 6.07) is 5.51. The van der Waals surface area contributed by atoms with Crippen LogP contribution in [0.4, 0.5) is 8.78 Å². The molecule has 1 saturated carbocycles. The van der Waals surface area contributed by atoms with Gasteiger partial charge in [-0.2, -0.15) is 9.78 Å². The molecule has 3 aromatic rings. The molecule has 0 atom stereocenters. The summed E-state index contributed by atoms with van der Waals surface area (Å²) in [6.45, 7) is 0. The number of hydrogen-bond acceptors (Lipinski definition) is 7. The number of aromatic nitrogens is 3. The number of nitrogens with zero attached hydrogens (tertiary/aromatic N) is 2. The Labute approximate surface area is 199 Å². The summed E-state index contributed by atoms with van der Waals surface area (Å²) in [5.41, 5.74) is -3.76. The van der Waals surface area contributed by atoms with E-state index in [9.17, 15) is 31.9 Å². The maximum Gasteiger partial charge on any atom is 0.349 e. The molecule has 10 nitrogen and oxygen atoms in total. The summed E-state index contributed by atoms with van der Waals surface area (Å²) in [7, 11) is -4.01. The van der Waals surface area contributed by atoms with Crippen molar-refractivity contribution in [1.82, 2.24) is 19.5 Å². The molecule has 1 fully saturated rings. The largest absolute Gasteiger partial charge is 0.507 e. The average Bonchev–Trinajstić information content (AvgIpc) is 3.54. The van der Waals surface area contributed by atoms with Crippen LogP contribution in [-0.4, -0.2) is 34.3 Å². The third-order valence-electron chi connectivity index (χ3n) is 4.63. The van der Waals surface area contributed by atoms with Crippen molar-refractivity contribution < 1.29 is 27.0 Å². The predicted octanol–water partition coefficient (Wildman–Crippen LogP) is 3.10. The summed E-state index contributed by atoms with van der Waals surface area (Å²) in [4.78, 5) is 24.9. The van der Waals surface area contributed by atoms with E-state index in [1.54, 1.807) is 4.98 Å². The number of alkyl halides is 2. The van der Waals surface area contributed by atoms with Gasteiger partial charge in [0.1, 0.15) is 16.4 Å². The van der Waals surface area contributed by atoms with Gasteiger partial charge >= 0.3 is 5.69 Å². The minimum absolute atomic E-state index is 0.0372. The minimum Gasteiger partial charge on any atom is -0.507 e. The number of hydrogen-bond donors (Lipinski definition) is 3. The number of ether oxygens (including phenoxy) is 1. The second-order valence-corrected chi connectivity index (χ2v) is 9.72. The molecule has 1 aliphatic rings. The topological polar surface area (TPSA) is 143 Å². The fraction of sp³-hybridized carbons (Fsp3) is 0.211. The Morgan fingerprint density at radius 1 is 1.18 bits per heavy atom. The van der Waals surface area contributed by atoms with E-state index < -0.39 is 44.0 Å². The first-order chi connectivity index (χ1) is 16.0. The van der Waals surface area contributed by atoms with Gasteiger partial charge in [0, 0.05) is 12.1 Å². The van der Waals surface area contributed by atoms with E-state index in [-0.39, 0.29) is 33.3 Å². The molecule has 0 saturated heterocycles. The van der Waals surface area contributed by atoms with Gasteiger partial charge in [0.2, 0.25) is 10.0 Å². The lowest BCUT2D eigenvalue weighted by atomic mass is 10.3. The van der Waals surface area contributed by atoms with Crippen LogP contribution in [0.2, 0.25) is 10.0 Å². The first kappa shape index (κ1) is 24.1. The molecule has 1 aliphatic carbocycles. The van der Waals surface area contributed by atoms with Crippen molar-refractivity contribution in [1.29, 1.82) is 0 Å². The molecule has 1 aromatic heterocycles. The van der Waals surface area contributed by atoms with Crippen LogP contribution in [0.15, 0.2) is 44.8 Å². The highest BCUT2D eigenvalue weighted by Crippen LogP contribution is 2.39. The van der Waals surface area contributed by atoms with Crippen molar-refractivity contribution in [2.45, 2.75) is 30.2 Å². The number of halogens is 4. The van der Waals surface area contributed by atoms with Gasteiger partial charge in [-0.15, -0.1) is 0 Å². The van der Waals surface area contributed by atoms with Crippen molar-refractivity contribution in [3.05, 3.63) is 66.9 Å². The number of aromatic amines is 1. The van der Waals surface area contributed by atoms with Crippen molar-refractivity contribution in [2.24, 2.45) is 0 Å². The molecule has 0 spiro atoms. The highest BCUT2D eigenvalue weighted by molar-refractivity contribution is 7.89. The fourth-order valence-electron chi connectivity index (χ4n) is 2.87. The zero-order valence-corrected chi connectivity index (χ0v) is 19.1. The van der Waals surface area contributed by atoms with Crippen LogP contribution in [0.25, 0.3) is 5.69 Å². The molecule has 180 valence electrons. The van der Waals surface area contributed by atoms with E-state index in [2.05, 4.69) is 9.82 Å². The molecule has 1 heterocycles. The van der Waals surface area contributed by atoms with Crippen molar-refractivity contribution in [2.75, 3.05) is 0 Å². The SMILES string of the molecule is O=c1[nH]c(=O)n(-c2cc(Cl)c(Oc3ccc(O)c(S(=O)(=O)NC4CC4)c3)c(Cl)c2)nc1C(F)F. The summed E-state index contributed by atoms with van der Waals surface area (Å²) < 4.78 is 59.5. The van der Waals surface area contributed by atoms with Gasteiger partial charge in [0.05, 0.1) is 15.7 Å². The highest BCUT2D eigenvalue weighted by Gasteiger charge is 2.30. The molecule has 15 heteroatoms. The molecule has 0 unspecified atom stereocenters. The Kier molecular flexibility index (Phi) is 6.38. The molecular formula is C19H14Cl2F2N4O6S. The van der Waals surface area contributed by atoms with E-state index >= 15 is 0 Å². The van der Waals surface area contributed by atoms with Gasteiger partial charge in [0.15, 0.2) is 11.4 Å². The Morgan fingerprint density at radius 3 is 2.41 bits per heavy atom. The lowest BCUT2D eigenvalue weighted by molar-refractivity contribution is 0.141. The summed E-state index contributed by atoms with van der Waals surface area (Å²) in [6.07, 6.45) is -1.85. The number of nitrogens with one attached hydrogen (secondary N) is 2. The van der Waals surface area contributed by atoms with Gasteiger partial charge in [-0.05, 0) is 37.1 Å². The third kappa shape index (κ3) is 4.92.